The Labute approximate surface area is 125 Å². The molecule has 0 unspecified atom stereocenters. The van der Waals surface area contributed by atoms with Crippen molar-refractivity contribution in [1.82, 2.24) is 15.1 Å². The highest BCUT2D eigenvalue weighted by molar-refractivity contribution is 7.99. The van der Waals surface area contributed by atoms with E-state index < -0.39 is 0 Å². The topological polar surface area (TPSA) is 39.1 Å². The number of nitrogens with zero attached hydrogens (tertiary/aromatic N) is 2. The Kier molecular flexibility index (Phi) is 5.02. The van der Waals surface area contributed by atoms with Gasteiger partial charge in [-0.2, -0.15) is 16.9 Å². The summed E-state index contributed by atoms with van der Waals surface area (Å²) in [7, 11) is 0. The van der Waals surface area contributed by atoms with Crippen LogP contribution in [0.15, 0.2) is 12.4 Å². The van der Waals surface area contributed by atoms with E-state index in [2.05, 4.69) is 35.3 Å². The van der Waals surface area contributed by atoms with Crippen LogP contribution < -0.4 is 5.32 Å². The van der Waals surface area contributed by atoms with Gasteiger partial charge in [-0.05, 0) is 37.7 Å². The summed E-state index contributed by atoms with van der Waals surface area (Å²) in [4.78, 5) is 0. The van der Waals surface area contributed by atoms with Crippen LogP contribution in [0.5, 0.6) is 0 Å². The zero-order valence-corrected chi connectivity index (χ0v) is 13.1. The first kappa shape index (κ1) is 14.4. The molecule has 0 radical (unpaired) electrons. The number of nitrogens with one attached hydrogen (secondary N) is 1. The van der Waals surface area contributed by atoms with Crippen LogP contribution in [-0.2, 0) is 11.3 Å². The molecule has 1 N–H and O–H groups in total. The van der Waals surface area contributed by atoms with Gasteiger partial charge in [-0.25, -0.2) is 0 Å². The highest BCUT2D eigenvalue weighted by Gasteiger charge is 2.31. The lowest BCUT2D eigenvalue weighted by atomic mass is 9.96. The Bertz CT molecular complexity index is 417. The third-order valence-electron chi connectivity index (χ3n) is 4.41. The lowest BCUT2D eigenvalue weighted by Gasteiger charge is -2.25. The number of aromatic nitrogens is 2. The van der Waals surface area contributed by atoms with Crippen LogP contribution in [0, 0.1) is 5.92 Å². The Hall–Kier alpha value is -0.520. The first-order valence-corrected chi connectivity index (χ1v) is 8.97. The molecule has 3 rings (SSSR count). The molecular weight excluding hydrogens is 270 g/mol. The SMILES string of the molecule is CCn1cc([C@H]2OCC[C@H]2CNC2CCSCC2)cn1. The van der Waals surface area contributed by atoms with Gasteiger partial charge in [-0.1, -0.05) is 0 Å². The molecule has 2 fully saturated rings. The molecule has 0 bridgehead atoms. The molecule has 2 aliphatic rings. The molecule has 0 saturated carbocycles. The van der Waals surface area contributed by atoms with E-state index in [1.807, 2.05) is 10.9 Å². The molecule has 112 valence electrons. The molecule has 0 aromatic carbocycles. The van der Waals surface area contributed by atoms with E-state index in [9.17, 15) is 0 Å². The summed E-state index contributed by atoms with van der Waals surface area (Å²) in [6.45, 7) is 5.01. The highest BCUT2D eigenvalue weighted by Crippen LogP contribution is 2.34. The van der Waals surface area contributed by atoms with Gasteiger partial charge in [0, 0.05) is 43.4 Å². The van der Waals surface area contributed by atoms with E-state index in [4.69, 9.17) is 4.74 Å². The van der Waals surface area contributed by atoms with Crippen molar-refractivity contribution in [1.29, 1.82) is 0 Å². The van der Waals surface area contributed by atoms with Gasteiger partial charge in [-0.15, -0.1) is 0 Å². The Morgan fingerprint density at radius 3 is 3.00 bits per heavy atom. The second-order valence-corrected chi connectivity index (χ2v) is 6.99. The molecule has 20 heavy (non-hydrogen) atoms. The summed E-state index contributed by atoms with van der Waals surface area (Å²) >= 11 is 2.08. The fraction of sp³-hybridized carbons (Fsp3) is 0.800. The van der Waals surface area contributed by atoms with E-state index >= 15 is 0 Å². The van der Waals surface area contributed by atoms with Crippen molar-refractivity contribution in [3.8, 4) is 0 Å². The zero-order chi connectivity index (χ0) is 13.8. The quantitative estimate of drug-likeness (QED) is 0.906. The van der Waals surface area contributed by atoms with E-state index in [1.165, 1.54) is 29.9 Å². The van der Waals surface area contributed by atoms with Crippen molar-refractivity contribution in [2.75, 3.05) is 24.7 Å². The smallest absolute Gasteiger partial charge is 0.0896 e. The molecule has 0 aliphatic carbocycles. The highest BCUT2D eigenvalue weighted by atomic mass is 32.2. The number of thioether (sulfide) groups is 1. The largest absolute Gasteiger partial charge is 0.373 e. The van der Waals surface area contributed by atoms with Crippen molar-refractivity contribution >= 4 is 11.8 Å². The molecule has 3 heterocycles. The first-order chi connectivity index (χ1) is 9.86. The van der Waals surface area contributed by atoms with Crippen LogP contribution in [0.1, 0.15) is 37.9 Å². The predicted molar refractivity (Wildman–Crippen MR) is 83.1 cm³/mol. The minimum Gasteiger partial charge on any atom is -0.373 e. The van der Waals surface area contributed by atoms with Gasteiger partial charge < -0.3 is 10.1 Å². The average molecular weight is 295 g/mol. The second kappa shape index (κ2) is 6.96. The molecule has 5 heteroatoms. The van der Waals surface area contributed by atoms with Gasteiger partial charge in [0.15, 0.2) is 0 Å². The van der Waals surface area contributed by atoms with Crippen LogP contribution in [0.4, 0.5) is 0 Å². The summed E-state index contributed by atoms with van der Waals surface area (Å²) in [5.41, 5.74) is 1.25. The number of hydrogen-bond acceptors (Lipinski definition) is 4. The number of aryl methyl sites for hydroxylation is 1. The molecule has 2 aliphatic heterocycles. The monoisotopic (exact) mass is 295 g/mol. The van der Waals surface area contributed by atoms with Crippen molar-refractivity contribution in [3.63, 3.8) is 0 Å². The summed E-state index contributed by atoms with van der Waals surface area (Å²) in [5, 5.41) is 8.14. The minimum atomic E-state index is 0.237. The van der Waals surface area contributed by atoms with Crippen molar-refractivity contribution in [2.45, 2.75) is 44.9 Å². The Morgan fingerprint density at radius 1 is 1.40 bits per heavy atom. The summed E-state index contributed by atoms with van der Waals surface area (Å²) < 4.78 is 7.94. The Balaban J connectivity index is 1.54. The van der Waals surface area contributed by atoms with E-state index in [-0.39, 0.29) is 6.10 Å². The van der Waals surface area contributed by atoms with Gasteiger partial charge in [0.05, 0.1) is 12.3 Å². The van der Waals surface area contributed by atoms with Crippen molar-refractivity contribution < 1.29 is 4.74 Å². The van der Waals surface area contributed by atoms with Crippen LogP contribution >= 0.6 is 11.8 Å². The van der Waals surface area contributed by atoms with Crippen LogP contribution in [0.3, 0.4) is 0 Å². The van der Waals surface area contributed by atoms with E-state index in [0.29, 0.717) is 5.92 Å². The Morgan fingerprint density at radius 2 is 2.25 bits per heavy atom. The van der Waals surface area contributed by atoms with E-state index in [1.54, 1.807) is 0 Å². The van der Waals surface area contributed by atoms with Gasteiger partial charge in [0.2, 0.25) is 0 Å². The van der Waals surface area contributed by atoms with Crippen LogP contribution in [0.25, 0.3) is 0 Å². The maximum atomic E-state index is 5.95. The third kappa shape index (κ3) is 3.38. The van der Waals surface area contributed by atoms with Gasteiger partial charge >= 0.3 is 0 Å². The van der Waals surface area contributed by atoms with Crippen molar-refractivity contribution in [2.24, 2.45) is 5.92 Å². The molecule has 0 spiro atoms. The molecule has 1 aromatic rings. The summed E-state index contributed by atoms with van der Waals surface area (Å²) in [6.07, 6.45) is 8.15. The fourth-order valence-electron chi connectivity index (χ4n) is 3.13. The molecule has 2 saturated heterocycles. The fourth-order valence-corrected chi connectivity index (χ4v) is 4.24. The molecule has 4 nitrogen and oxygen atoms in total. The molecule has 0 amide bonds. The third-order valence-corrected chi connectivity index (χ3v) is 5.46. The minimum absolute atomic E-state index is 0.237. The summed E-state index contributed by atoms with van der Waals surface area (Å²) in [5.74, 6) is 3.22. The maximum Gasteiger partial charge on any atom is 0.0896 e. The van der Waals surface area contributed by atoms with Gasteiger partial charge in [0.25, 0.3) is 0 Å². The maximum absolute atomic E-state index is 5.95. The number of rotatable bonds is 5. The van der Waals surface area contributed by atoms with Crippen molar-refractivity contribution in [3.05, 3.63) is 18.0 Å². The zero-order valence-electron chi connectivity index (χ0n) is 12.3. The molecular formula is C15H25N3OS. The summed E-state index contributed by atoms with van der Waals surface area (Å²) in [6, 6.07) is 0.718. The molecule has 1 aromatic heterocycles. The van der Waals surface area contributed by atoms with Gasteiger partial charge in [-0.3, -0.25) is 4.68 Å². The standard InChI is InChI=1S/C15H25N3OS/c1-2-18-11-13(10-17-18)15-12(3-6-19-15)9-16-14-4-7-20-8-5-14/h10-12,14-16H,2-9H2,1H3/t12-,15-/m0/s1. The average Bonchev–Trinajstić information content (AvgIpc) is 3.14. The number of ether oxygens (including phenoxy) is 1. The lowest BCUT2D eigenvalue weighted by molar-refractivity contribution is 0.0896. The lowest BCUT2D eigenvalue weighted by Crippen LogP contribution is -2.36. The van der Waals surface area contributed by atoms with Crippen LogP contribution in [0.2, 0.25) is 0 Å². The second-order valence-electron chi connectivity index (χ2n) is 5.76. The first-order valence-electron chi connectivity index (χ1n) is 7.82. The normalized spacial score (nSPS) is 28.1. The van der Waals surface area contributed by atoms with Gasteiger partial charge in [0.1, 0.15) is 0 Å². The van der Waals surface area contributed by atoms with Crippen LogP contribution in [-0.4, -0.2) is 40.5 Å². The predicted octanol–water partition coefficient (Wildman–Crippen LogP) is 2.47. The van der Waals surface area contributed by atoms with E-state index in [0.717, 1.165) is 32.2 Å². The molecule has 2 atom stereocenters. The number of hydrogen-bond donors (Lipinski definition) is 1.